The Hall–Kier alpha value is -2.85. The van der Waals surface area contributed by atoms with Gasteiger partial charge in [-0.25, -0.2) is 12.8 Å². The molecule has 0 aliphatic heterocycles. The lowest BCUT2D eigenvalue weighted by Gasteiger charge is -2.09. The summed E-state index contributed by atoms with van der Waals surface area (Å²) < 4.78 is 40.6. The smallest absolute Gasteiger partial charge is 0.261 e. The van der Waals surface area contributed by atoms with Crippen LogP contribution in [0.2, 0.25) is 0 Å². The molecule has 1 heterocycles. The van der Waals surface area contributed by atoms with E-state index >= 15 is 0 Å². The van der Waals surface area contributed by atoms with Crippen LogP contribution in [0.3, 0.4) is 0 Å². The number of halogens is 1. The molecule has 3 aromatic rings. The fourth-order valence-corrected chi connectivity index (χ4v) is 4.52. The third-order valence-corrected chi connectivity index (χ3v) is 6.46. The Balaban J connectivity index is 1.69. The van der Waals surface area contributed by atoms with Gasteiger partial charge < -0.3 is 0 Å². The molecule has 0 aliphatic carbocycles. The average Bonchev–Trinajstić information content (AvgIpc) is 3.17. The molecule has 0 fully saturated rings. The van der Waals surface area contributed by atoms with Crippen LogP contribution in [-0.2, 0) is 16.4 Å². The molecule has 0 saturated carbocycles. The highest BCUT2D eigenvalue weighted by Crippen LogP contribution is 2.20. The minimum Gasteiger partial charge on any atom is -0.296 e. The van der Waals surface area contributed by atoms with Gasteiger partial charge in [0.25, 0.3) is 15.9 Å². The van der Waals surface area contributed by atoms with Crippen molar-refractivity contribution in [3.63, 3.8) is 0 Å². The van der Waals surface area contributed by atoms with Crippen molar-refractivity contribution in [3.8, 4) is 0 Å². The van der Waals surface area contributed by atoms with Crippen LogP contribution in [0.25, 0.3) is 0 Å². The molecule has 0 atom stereocenters. The maximum absolute atomic E-state index is 13.0. The molecule has 2 N–H and O–H groups in total. The molecule has 158 valence electrons. The van der Waals surface area contributed by atoms with Crippen molar-refractivity contribution in [3.05, 3.63) is 64.9 Å². The summed E-state index contributed by atoms with van der Waals surface area (Å²) in [6, 6.07) is 10.6. The fraction of sp³-hybridized carbons (Fsp3) is 0.250. The third kappa shape index (κ3) is 5.83. The predicted octanol–water partition coefficient (Wildman–Crippen LogP) is 4.46. The quantitative estimate of drug-likeness (QED) is 0.471. The molecule has 1 aromatic heterocycles. The van der Waals surface area contributed by atoms with Gasteiger partial charge in [-0.15, -0.1) is 10.2 Å². The zero-order valence-corrected chi connectivity index (χ0v) is 17.9. The topological polar surface area (TPSA) is 101 Å². The highest BCUT2D eigenvalue weighted by molar-refractivity contribution is 7.92. The maximum Gasteiger partial charge on any atom is 0.261 e. The van der Waals surface area contributed by atoms with Gasteiger partial charge in [0.05, 0.1) is 4.90 Å². The lowest BCUT2D eigenvalue weighted by molar-refractivity contribution is 0.102. The molecule has 7 nitrogen and oxygen atoms in total. The second-order valence-electron chi connectivity index (χ2n) is 6.55. The van der Waals surface area contributed by atoms with E-state index in [0.29, 0.717) is 5.13 Å². The molecule has 0 radical (unpaired) electrons. The first-order valence-corrected chi connectivity index (χ1v) is 11.7. The van der Waals surface area contributed by atoms with Gasteiger partial charge in [-0.3, -0.25) is 14.8 Å². The normalized spacial score (nSPS) is 11.3. The summed E-state index contributed by atoms with van der Waals surface area (Å²) in [5.41, 5.74) is 0.385. The number of carbonyl (C=O) groups is 1. The number of aromatic nitrogens is 2. The van der Waals surface area contributed by atoms with Gasteiger partial charge in [-0.05, 0) is 48.9 Å². The Morgan fingerprint density at radius 1 is 1.10 bits per heavy atom. The zero-order valence-electron chi connectivity index (χ0n) is 16.3. The summed E-state index contributed by atoms with van der Waals surface area (Å²) in [4.78, 5) is 12.4. The molecule has 0 saturated heterocycles. The molecule has 2 aromatic carbocycles. The van der Waals surface area contributed by atoms with E-state index in [2.05, 4.69) is 27.2 Å². The highest BCUT2D eigenvalue weighted by Gasteiger charge is 2.17. The van der Waals surface area contributed by atoms with Gasteiger partial charge in [-0.1, -0.05) is 37.2 Å². The molecular formula is C20H21FN4O3S2. The number of hydrogen-bond donors (Lipinski definition) is 2. The largest absolute Gasteiger partial charge is 0.296 e. The molecular weight excluding hydrogens is 427 g/mol. The van der Waals surface area contributed by atoms with E-state index in [9.17, 15) is 17.6 Å². The van der Waals surface area contributed by atoms with Crippen LogP contribution in [0, 0.1) is 5.82 Å². The van der Waals surface area contributed by atoms with E-state index in [1.807, 2.05) is 0 Å². The number of amides is 1. The number of nitrogens with one attached hydrogen (secondary N) is 2. The monoisotopic (exact) mass is 448 g/mol. The van der Waals surface area contributed by atoms with Crippen LogP contribution >= 0.6 is 11.3 Å². The van der Waals surface area contributed by atoms with Crippen molar-refractivity contribution in [1.82, 2.24) is 10.2 Å². The van der Waals surface area contributed by atoms with Crippen molar-refractivity contribution in [2.24, 2.45) is 0 Å². The summed E-state index contributed by atoms with van der Waals surface area (Å²) in [7, 11) is -3.94. The van der Waals surface area contributed by atoms with Crippen molar-refractivity contribution in [1.29, 1.82) is 0 Å². The summed E-state index contributed by atoms with van der Waals surface area (Å²) in [5, 5.41) is 11.9. The fourth-order valence-electron chi connectivity index (χ4n) is 2.64. The van der Waals surface area contributed by atoms with Crippen LogP contribution in [0.5, 0.6) is 0 Å². The van der Waals surface area contributed by atoms with Crippen molar-refractivity contribution >= 4 is 38.1 Å². The van der Waals surface area contributed by atoms with Gasteiger partial charge in [0.2, 0.25) is 5.13 Å². The first-order chi connectivity index (χ1) is 14.4. The van der Waals surface area contributed by atoms with Crippen molar-refractivity contribution in [2.45, 2.75) is 37.5 Å². The Morgan fingerprint density at radius 2 is 1.87 bits per heavy atom. The molecule has 30 heavy (non-hydrogen) atoms. The number of unbranched alkanes of at least 4 members (excludes halogenated alkanes) is 2. The minimum absolute atomic E-state index is 0.0861. The SMILES string of the molecule is CCCCCc1nnc(NC(=O)c2cccc(S(=O)(=O)Nc3ccc(F)cc3)c2)s1. The Bertz CT molecular complexity index is 1120. The Labute approximate surface area is 178 Å². The van der Waals surface area contributed by atoms with E-state index in [1.54, 1.807) is 0 Å². The second kappa shape index (κ2) is 9.77. The van der Waals surface area contributed by atoms with Crippen molar-refractivity contribution < 1.29 is 17.6 Å². The lowest BCUT2D eigenvalue weighted by atomic mass is 10.2. The van der Waals surface area contributed by atoms with Crippen LogP contribution in [0.4, 0.5) is 15.2 Å². The molecule has 0 bridgehead atoms. The van der Waals surface area contributed by atoms with E-state index < -0.39 is 21.7 Å². The average molecular weight is 449 g/mol. The Kier molecular flexibility index (Phi) is 7.11. The molecule has 3 rings (SSSR count). The Morgan fingerprint density at radius 3 is 2.60 bits per heavy atom. The molecule has 1 amide bonds. The number of hydrogen-bond acceptors (Lipinski definition) is 6. The number of benzene rings is 2. The van der Waals surface area contributed by atoms with Crippen LogP contribution < -0.4 is 10.0 Å². The molecule has 0 aliphatic rings. The highest BCUT2D eigenvalue weighted by atomic mass is 32.2. The summed E-state index contributed by atoms with van der Waals surface area (Å²) >= 11 is 1.30. The number of aryl methyl sites for hydroxylation is 1. The lowest BCUT2D eigenvalue weighted by Crippen LogP contribution is -2.16. The zero-order chi connectivity index (χ0) is 21.6. The number of carbonyl (C=O) groups excluding carboxylic acids is 1. The van der Waals surface area contributed by atoms with E-state index in [-0.39, 0.29) is 16.1 Å². The molecule has 10 heteroatoms. The number of nitrogens with zero attached hydrogens (tertiary/aromatic N) is 2. The third-order valence-electron chi connectivity index (χ3n) is 4.18. The summed E-state index contributed by atoms with van der Waals surface area (Å²) in [5.74, 6) is -0.952. The standard InChI is InChI=1S/C20H21FN4O3S2/c1-2-3-4-8-18-23-24-20(29-18)22-19(26)14-6-5-7-17(13-14)30(27,28)25-16-11-9-15(21)10-12-16/h5-7,9-13,25H,2-4,8H2,1H3,(H,22,24,26). The van der Waals surface area contributed by atoms with Gasteiger partial charge in [-0.2, -0.15) is 0 Å². The first-order valence-electron chi connectivity index (χ1n) is 9.39. The van der Waals surface area contributed by atoms with E-state index in [4.69, 9.17) is 0 Å². The van der Waals surface area contributed by atoms with Crippen LogP contribution in [0.15, 0.2) is 53.4 Å². The van der Waals surface area contributed by atoms with Gasteiger partial charge in [0.15, 0.2) is 0 Å². The predicted molar refractivity (Wildman–Crippen MR) is 115 cm³/mol. The van der Waals surface area contributed by atoms with Crippen molar-refractivity contribution in [2.75, 3.05) is 10.0 Å². The second-order valence-corrected chi connectivity index (χ2v) is 9.30. The number of sulfonamides is 1. The summed E-state index contributed by atoms with van der Waals surface area (Å²) in [6.07, 6.45) is 4.04. The molecule has 0 unspecified atom stereocenters. The van der Waals surface area contributed by atoms with Gasteiger partial charge >= 0.3 is 0 Å². The first kappa shape index (κ1) is 21.8. The van der Waals surface area contributed by atoms with Gasteiger partial charge in [0.1, 0.15) is 10.8 Å². The maximum atomic E-state index is 13.0. The number of anilines is 2. The number of rotatable bonds is 9. The van der Waals surface area contributed by atoms with E-state index in [1.165, 1.54) is 47.7 Å². The van der Waals surface area contributed by atoms with E-state index in [0.717, 1.165) is 42.8 Å². The van der Waals surface area contributed by atoms with Crippen LogP contribution in [0.1, 0.15) is 41.6 Å². The summed E-state index contributed by atoms with van der Waals surface area (Å²) in [6.45, 7) is 2.12. The van der Waals surface area contributed by atoms with Crippen LogP contribution in [-0.4, -0.2) is 24.5 Å². The minimum atomic E-state index is -3.94. The molecule has 0 spiro atoms. The van der Waals surface area contributed by atoms with Gasteiger partial charge in [0, 0.05) is 17.7 Å².